The number of nitrogens with zero attached hydrogens (tertiary/aromatic N) is 1. The molecule has 1 aromatic carbocycles. The van der Waals surface area contributed by atoms with Crippen molar-refractivity contribution in [2.24, 2.45) is 11.7 Å². The number of carbonyl (C=O) groups is 2. The fourth-order valence-corrected chi connectivity index (χ4v) is 2.83. The molecule has 2 amide bonds. The highest BCUT2D eigenvalue weighted by Gasteiger charge is 2.15. The summed E-state index contributed by atoms with van der Waals surface area (Å²) in [5.41, 5.74) is 7.51. The van der Waals surface area contributed by atoms with Crippen molar-refractivity contribution >= 4 is 11.8 Å². The SMILES string of the molecule is CC1CCN(Cc2cccc(CNC(=O)CNC(=O)CN)c2)CC1. The summed E-state index contributed by atoms with van der Waals surface area (Å²) in [4.78, 5) is 25.2. The van der Waals surface area contributed by atoms with Gasteiger partial charge >= 0.3 is 0 Å². The lowest BCUT2D eigenvalue weighted by Crippen LogP contribution is -2.39. The average molecular weight is 332 g/mol. The molecule has 0 aromatic heterocycles. The normalized spacial score (nSPS) is 15.9. The molecule has 4 N–H and O–H groups in total. The molecular formula is C18H28N4O2. The molecule has 0 unspecified atom stereocenters. The molecule has 0 bridgehead atoms. The van der Waals surface area contributed by atoms with E-state index in [0.29, 0.717) is 6.54 Å². The summed E-state index contributed by atoms with van der Waals surface area (Å²) in [6.07, 6.45) is 2.54. The molecule has 1 saturated heterocycles. The van der Waals surface area contributed by atoms with Gasteiger partial charge in [-0.25, -0.2) is 0 Å². The van der Waals surface area contributed by atoms with Crippen LogP contribution >= 0.6 is 0 Å². The minimum absolute atomic E-state index is 0.0400. The first kappa shape index (κ1) is 18.4. The zero-order chi connectivity index (χ0) is 17.4. The Labute approximate surface area is 143 Å². The predicted octanol–water partition coefficient (Wildman–Crippen LogP) is 0.610. The van der Waals surface area contributed by atoms with Gasteiger partial charge in [-0.15, -0.1) is 0 Å². The highest BCUT2D eigenvalue weighted by Crippen LogP contribution is 2.18. The van der Waals surface area contributed by atoms with Gasteiger partial charge in [0.05, 0.1) is 13.1 Å². The van der Waals surface area contributed by atoms with Crippen LogP contribution in [0.2, 0.25) is 0 Å². The van der Waals surface area contributed by atoms with E-state index in [1.165, 1.54) is 18.4 Å². The molecule has 1 fully saturated rings. The van der Waals surface area contributed by atoms with E-state index in [-0.39, 0.29) is 24.9 Å². The quantitative estimate of drug-likeness (QED) is 0.683. The smallest absolute Gasteiger partial charge is 0.239 e. The summed E-state index contributed by atoms with van der Waals surface area (Å²) in [6, 6.07) is 8.29. The molecule has 2 rings (SSSR count). The van der Waals surface area contributed by atoms with Crippen LogP contribution in [-0.2, 0) is 22.7 Å². The van der Waals surface area contributed by atoms with Crippen LogP contribution in [0, 0.1) is 5.92 Å². The van der Waals surface area contributed by atoms with E-state index in [1.54, 1.807) is 0 Å². The Morgan fingerprint density at radius 1 is 1.17 bits per heavy atom. The van der Waals surface area contributed by atoms with Gasteiger partial charge < -0.3 is 16.4 Å². The molecule has 1 aliphatic rings. The van der Waals surface area contributed by atoms with E-state index in [2.05, 4.69) is 34.6 Å². The number of benzene rings is 1. The maximum absolute atomic E-state index is 11.7. The Morgan fingerprint density at radius 3 is 2.58 bits per heavy atom. The second-order valence-electron chi connectivity index (χ2n) is 6.54. The van der Waals surface area contributed by atoms with E-state index in [4.69, 9.17) is 5.73 Å². The lowest BCUT2D eigenvalue weighted by Gasteiger charge is -2.30. The van der Waals surface area contributed by atoms with Gasteiger partial charge in [-0.2, -0.15) is 0 Å². The van der Waals surface area contributed by atoms with Crippen LogP contribution in [0.4, 0.5) is 0 Å². The van der Waals surface area contributed by atoms with Gasteiger partial charge in [-0.1, -0.05) is 31.2 Å². The Morgan fingerprint density at radius 2 is 1.88 bits per heavy atom. The molecule has 0 aliphatic carbocycles. The molecule has 6 heteroatoms. The first-order chi connectivity index (χ1) is 11.6. The Hall–Kier alpha value is -1.92. The van der Waals surface area contributed by atoms with E-state index in [9.17, 15) is 9.59 Å². The first-order valence-corrected chi connectivity index (χ1v) is 8.60. The summed E-state index contributed by atoms with van der Waals surface area (Å²) in [6.45, 7) is 5.90. The molecule has 1 aromatic rings. The van der Waals surface area contributed by atoms with Crippen molar-refractivity contribution in [1.29, 1.82) is 0 Å². The number of amides is 2. The largest absolute Gasteiger partial charge is 0.350 e. The molecule has 6 nitrogen and oxygen atoms in total. The monoisotopic (exact) mass is 332 g/mol. The minimum Gasteiger partial charge on any atom is -0.350 e. The van der Waals surface area contributed by atoms with Gasteiger partial charge in [0.25, 0.3) is 0 Å². The van der Waals surface area contributed by atoms with Gasteiger partial charge in [0, 0.05) is 13.1 Å². The van der Waals surface area contributed by atoms with Crippen molar-refractivity contribution in [3.63, 3.8) is 0 Å². The lowest BCUT2D eigenvalue weighted by atomic mass is 9.98. The van der Waals surface area contributed by atoms with Crippen molar-refractivity contribution in [1.82, 2.24) is 15.5 Å². The Bertz CT molecular complexity index is 554. The molecule has 0 atom stereocenters. The van der Waals surface area contributed by atoms with Crippen molar-refractivity contribution < 1.29 is 9.59 Å². The maximum Gasteiger partial charge on any atom is 0.239 e. The second kappa shape index (κ2) is 9.39. The summed E-state index contributed by atoms with van der Waals surface area (Å²) < 4.78 is 0. The number of nitrogens with two attached hydrogens (primary N) is 1. The number of likely N-dealkylation sites (tertiary alicyclic amines) is 1. The molecule has 0 spiro atoms. The van der Waals surface area contributed by atoms with Crippen LogP contribution < -0.4 is 16.4 Å². The van der Waals surface area contributed by atoms with Crippen LogP contribution in [-0.4, -0.2) is 42.9 Å². The first-order valence-electron chi connectivity index (χ1n) is 8.60. The lowest BCUT2D eigenvalue weighted by molar-refractivity contribution is -0.125. The number of hydrogen-bond donors (Lipinski definition) is 3. The highest BCUT2D eigenvalue weighted by molar-refractivity contribution is 5.85. The van der Waals surface area contributed by atoms with Crippen LogP contribution in [0.15, 0.2) is 24.3 Å². The van der Waals surface area contributed by atoms with E-state index >= 15 is 0 Å². The summed E-state index contributed by atoms with van der Waals surface area (Å²) in [5.74, 6) is 0.290. The van der Waals surface area contributed by atoms with Gasteiger partial charge in [-0.3, -0.25) is 14.5 Å². The number of carbonyl (C=O) groups excluding carboxylic acids is 2. The molecule has 0 radical (unpaired) electrons. The van der Waals surface area contributed by atoms with Crippen LogP contribution in [0.1, 0.15) is 30.9 Å². The van der Waals surface area contributed by atoms with Gasteiger partial charge in [0.15, 0.2) is 0 Å². The average Bonchev–Trinajstić information content (AvgIpc) is 2.60. The van der Waals surface area contributed by atoms with E-state index in [1.807, 2.05) is 12.1 Å². The number of hydrogen-bond acceptors (Lipinski definition) is 4. The maximum atomic E-state index is 11.7. The standard InChI is InChI=1S/C18H28N4O2/c1-14-5-7-22(8-6-14)13-16-4-2-3-15(9-16)11-20-18(24)12-21-17(23)10-19/h2-4,9,14H,5-8,10-13,19H2,1H3,(H,20,24)(H,21,23). The van der Waals surface area contributed by atoms with Crippen molar-refractivity contribution in [3.05, 3.63) is 35.4 Å². The Kier molecular flexibility index (Phi) is 7.21. The van der Waals surface area contributed by atoms with Gasteiger partial charge in [0.2, 0.25) is 11.8 Å². The van der Waals surface area contributed by atoms with E-state index in [0.717, 1.165) is 31.1 Å². The molecule has 1 heterocycles. The third-order valence-corrected chi connectivity index (χ3v) is 4.40. The fourth-order valence-electron chi connectivity index (χ4n) is 2.83. The predicted molar refractivity (Wildman–Crippen MR) is 94.0 cm³/mol. The molecule has 132 valence electrons. The van der Waals surface area contributed by atoms with Crippen molar-refractivity contribution in [2.45, 2.75) is 32.9 Å². The topological polar surface area (TPSA) is 87.5 Å². The second-order valence-corrected chi connectivity index (χ2v) is 6.54. The summed E-state index contributed by atoms with van der Waals surface area (Å²) >= 11 is 0. The van der Waals surface area contributed by atoms with Crippen LogP contribution in [0.5, 0.6) is 0 Å². The van der Waals surface area contributed by atoms with Gasteiger partial charge in [-0.05, 0) is 43.0 Å². The summed E-state index contributed by atoms with van der Waals surface area (Å²) in [7, 11) is 0. The van der Waals surface area contributed by atoms with Gasteiger partial charge in [0.1, 0.15) is 0 Å². The zero-order valence-electron chi connectivity index (χ0n) is 14.4. The zero-order valence-corrected chi connectivity index (χ0v) is 14.4. The minimum atomic E-state index is -0.331. The van der Waals surface area contributed by atoms with Crippen molar-refractivity contribution in [3.8, 4) is 0 Å². The molecule has 0 saturated carbocycles. The van der Waals surface area contributed by atoms with Crippen molar-refractivity contribution in [2.75, 3.05) is 26.2 Å². The van der Waals surface area contributed by atoms with E-state index < -0.39 is 0 Å². The number of piperidine rings is 1. The Balaban J connectivity index is 1.77. The molecule has 24 heavy (non-hydrogen) atoms. The summed E-state index contributed by atoms with van der Waals surface area (Å²) in [5, 5.41) is 5.26. The van der Waals surface area contributed by atoms with Crippen LogP contribution in [0.3, 0.4) is 0 Å². The highest BCUT2D eigenvalue weighted by atomic mass is 16.2. The number of nitrogens with one attached hydrogen (secondary N) is 2. The fraction of sp³-hybridized carbons (Fsp3) is 0.556. The third-order valence-electron chi connectivity index (χ3n) is 4.40. The molecular weight excluding hydrogens is 304 g/mol. The third kappa shape index (κ3) is 6.29. The molecule has 1 aliphatic heterocycles. The van der Waals surface area contributed by atoms with Crippen LogP contribution in [0.25, 0.3) is 0 Å². The number of rotatable bonds is 7.